The summed E-state index contributed by atoms with van der Waals surface area (Å²) < 4.78 is 24.0. The van der Waals surface area contributed by atoms with Gasteiger partial charge in [-0.15, -0.1) is 0 Å². The lowest BCUT2D eigenvalue weighted by Gasteiger charge is -2.34. The fourth-order valence-corrected chi connectivity index (χ4v) is 5.33. The maximum absolute atomic E-state index is 12.8. The van der Waals surface area contributed by atoms with Crippen molar-refractivity contribution in [2.45, 2.75) is 24.5 Å². The second-order valence-corrected chi connectivity index (χ2v) is 9.71. The highest BCUT2D eigenvalue weighted by Crippen LogP contribution is 2.32. The molecule has 2 heterocycles. The smallest absolute Gasteiger partial charge is 0.245 e. The molecule has 0 bridgehead atoms. The highest BCUT2D eigenvalue weighted by atomic mass is 32.2. The largest absolute Gasteiger partial charge is 0.325 e. The summed E-state index contributed by atoms with van der Waals surface area (Å²) in [5.41, 5.74) is 1.19. The van der Waals surface area contributed by atoms with Gasteiger partial charge in [-0.2, -0.15) is 0 Å². The van der Waals surface area contributed by atoms with E-state index in [1.165, 1.54) is 18.3 Å². The SMILES string of the molecule is CC(=O)Nc1nc2ccc(NC(=O)C3(S(C)(=O)=O)CCNCC3)cc2s1. The number of carbonyl (C=O) groups excluding carboxylic acids is 2. The van der Waals surface area contributed by atoms with Crippen molar-refractivity contribution in [3.05, 3.63) is 18.2 Å². The van der Waals surface area contributed by atoms with Crippen LogP contribution in [0.25, 0.3) is 10.2 Å². The predicted molar refractivity (Wildman–Crippen MR) is 102 cm³/mol. The summed E-state index contributed by atoms with van der Waals surface area (Å²) in [5.74, 6) is -0.717. The van der Waals surface area contributed by atoms with E-state index in [1.807, 2.05) is 0 Å². The number of nitrogens with one attached hydrogen (secondary N) is 3. The Balaban J connectivity index is 1.87. The molecule has 10 heteroatoms. The van der Waals surface area contributed by atoms with Gasteiger partial charge in [0.1, 0.15) is 0 Å². The molecule has 1 fully saturated rings. The Morgan fingerprint density at radius 2 is 1.92 bits per heavy atom. The van der Waals surface area contributed by atoms with Crippen LogP contribution in [0.3, 0.4) is 0 Å². The Bertz CT molecular complexity index is 962. The van der Waals surface area contributed by atoms with Gasteiger partial charge in [0.05, 0.1) is 10.2 Å². The van der Waals surface area contributed by atoms with Crippen LogP contribution in [0.2, 0.25) is 0 Å². The zero-order chi connectivity index (χ0) is 18.9. The first-order valence-electron chi connectivity index (χ1n) is 8.11. The van der Waals surface area contributed by atoms with Gasteiger partial charge in [0.15, 0.2) is 19.7 Å². The van der Waals surface area contributed by atoms with Crippen molar-refractivity contribution >= 4 is 54.0 Å². The molecule has 0 aliphatic carbocycles. The highest BCUT2D eigenvalue weighted by Gasteiger charge is 2.48. The van der Waals surface area contributed by atoms with Crippen molar-refractivity contribution in [2.75, 3.05) is 30.0 Å². The molecule has 1 aromatic carbocycles. The molecule has 0 saturated carbocycles. The summed E-state index contributed by atoms with van der Waals surface area (Å²) in [5, 5.41) is 8.94. The molecule has 1 saturated heterocycles. The van der Waals surface area contributed by atoms with Crippen LogP contribution in [0.15, 0.2) is 18.2 Å². The van der Waals surface area contributed by atoms with Gasteiger partial charge >= 0.3 is 0 Å². The number of hydrogen-bond acceptors (Lipinski definition) is 7. The fraction of sp³-hybridized carbons (Fsp3) is 0.438. The molecule has 2 aromatic rings. The van der Waals surface area contributed by atoms with Gasteiger partial charge in [-0.25, -0.2) is 13.4 Å². The Labute approximate surface area is 155 Å². The number of rotatable bonds is 4. The quantitative estimate of drug-likeness (QED) is 0.718. The van der Waals surface area contributed by atoms with Gasteiger partial charge in [-0.05, 0) is 44.1 Å². The summed E-state index contributed by atoms with van der Waals surface area (Å²) in [4.78, 5) is 28.3. The van der Waals surface area contributed by atoms with Crippen LogP contribution in [-0.2, 0) is 19.4 Å². The first kappa shape index (κ1) is 18.7. The highest BCUT2D eigenvalue weighted by molar-refractivity contribution is 7.92. The van der Waals surface area contributed by atoms with Gasteiger partial charge < -0.3 is 16.0 Å². The Morgan fingerprint density at radius 3 is 2.54 bits per heavy atom. The topological polar surface area (TPSA) is 117 Å². The van der Waals surface area contributed by atoms with E-state index < -0.39 is 20.5 Å². The number of carbonyl (C=O) groups is 2. The number of amides is 2. The number of hydrogen-bond donors (Lipinski definition) is 3. The zero-order valence-electron chi connectivity index (χ0n) is 14.5. The molecule has 140 valence electrons. The first-order chi connectivity index (χ1) is 12.2. The number of nitrogens with zero attached hydrogens (tertiary/aromatic N) is 1. The minimum atomic E-state index is -3.57. The molecule has 0 spiro atoms. The van der Waals surface area contributed by atoms with Crippen LogP contribution in [-0.4, -0.2) is 49.3 Å². The molecule has 1 aliphatic heterocycles. The standard InChI is InChI=1S/C16H20N4O4S2/c1-10(21)18-15-20-12-4-3-11(9-13(12)25-15)19-14(22)16(26(2,23)24)5-7-17-8-6-16/h3-4,9,17H,5-8H2,1-2H3,(H,19,22)(H,18,20,21). The Morgan fingerprint density at radius 1 is 1.23 bits per heavy atom. The number of sulfone groups is 1. The van der Waals surface area contributed by atoms with E-state index in [-0.39, 0.29) is 18.7 Å². The molecule has 0 radical (unpaired) electrons. The van der Waals surface area contributed by atoms with Crippen molar-refractivity contribution in [2.24, 2.45) is 0 Å². The fourth-order valence-electron chi connectivity index (χ4n) is 3.05. The molecule has 8 nitrogen and oxygen atoms in total. The average Bonchev–Trinajstić information content (AvgIpc) is 2.95. The average molecular weight is 396 g/mol. The normalized spacial score (nSPS) is 17.0. The van der Waals surface area contributed by atoms with Crippen LogP contribution in [0, 0.1) is 0 Å². The van der Waals surface area contributed by atoms with E-state index in [4.69, 9.17) is 0 Å². The molecule has 26 heavy (non-hydrogen) atoms. The zero-order valence-corrected chi connectivity index (χ0v) is 16.1. The molecule has 2 amide bonds. The van der Waals surface area contributed by atoms with Crippen molar-refractivity contribution in [3.63, 3.8) is 0 Å². The van der Waals surface area contributed by atoms with E-state index in [0.717, 1.165) is 11.0 Å². The summed E-state index contributed by atoms with van der Waals surface area (Å²) in [7, 11) is -3.57. The van der Waals surface area contributed by atoms with Gasteiger partial charge in [0.2, 0.25) is 11.8 Å². The van der Waals surface area contributed by atoms with Gasteiger partial charge in [-0.1, -0.05) is 11.3 Å². The number of aromatic nitrogens is 1. The molecule has 1 aliphatic rings. The lowest BCUT2D eigenvalue weighted by molar-refractivity contribution is -0.119. The second-order valence-electron chi connectivity index (χ2n) is 6.35. The van der Waals surface area contributed by atoms with E-state index in [1.54, 1.807) is 18.2 Å². The van der Waals surface area contributed by atoms with Gasteiger partial charge in [-0.3, -0.25) is 9.59 Å². The summed E-state index contributed by atoms with van der Waals surface area (Å²) in [6.07, 6.45) is 1.60. The van der Waals surface area contributed by atoms with Crippen LogP contribution in [0.4, 0.5) is 10.8 Å². The number of thiazole rings is 1. The minimum absolute atomic E-state index is 0.210. The lowest BCUT2D eigenvalue weighted by Crippen LogP contribution is -2.55. The van der Waals surface area contributed by atoms with E-state index in [0.29, 0.717) is 29.4 Å². The molecule has 3 N–H and O–H groups in total. The summed E-state index contributed by atoms with van der Waals surface area (Å²) in [6.45, 7) is 2.37. The molecule has 3 rings (SSSR count). The molecular formula is C16H20N4O4S2. The first-order valence-corrected chi connectivity index (χ1v) is 10.8. The summed E-state index contributed by atoms with van der Waals surface area (Å²) in [6, 6.07) is 5.13. The third-order valence-electron chi connectivity index (χ3n) is 4.46. The van der Waals surface area contributed by atoms with E-state index >= 15 is 0 Å². The lowest BCUT2D eigenvalue weighted by atomic mass is 9.95. The second kappa shape index (κ2) is 6.93. The van der Waals surface area contributed by atoms with Crippen molar-refractivity contribution < 1.29 is 18.0 Å². The minimum Gasteiger partial charge on any atom is -0.325 e. The van der Waals surface area contributed by atoms with E-state index in [9.17, 15) is 18.0 Å². The monoisotopic (exact) mass is 396 g/mol. The number of benzene rings is 1. The number of fused-ring (bicyclic) bond motifs is 1. The molecular weight excluding hydrogens is 376 g/mol. The van der Waals surface area contributed by atoms with Crippen LogP contribution < -0.4 is 16.0 Å². The Kier molecular flexibility index (Phi) is 5.00. The third-order valence-corrected chi connectivity index (χ3v) is 7.41. The van der Waals surface area contributed by atoms with Crippen molar-refractivity contribution in [3.8, 4) is 0 Å². The predicted octanol–water partition coefficient (Wildman–Crippen LogP) is 1.36. The molecule has 0 unspecified atom stereocenters. The van der Waals surface area contributed by atoms with Crippen molar-refractivity contribution in [1.29, 1.82) is 0 Å². The van der Waals surface area contributed by atoms with Crippen LogP contribution >= 0.6 is 11.3 Å². The van der Waals surface area contributed by atoms with Crippen molar-refractivity contribution in [1.82, 2.24) is 10.3 Å². The Hall–Kier alpha value is -2.04. The van der Waals surface area contributed by atoms with Gasteiger partial charge in [0, 0.05) is 18.9 Å². The maximum atomic E-state index is 12.8. The van der Waals surface area contributed by atoms with Crippen LogP contribution in [0.1, 0.15) is 19.8 Å². The third kappa shape index (κ3) is 3.57. The van der Waals surface area contributed by atoms with Crippen LogP contribution in [0.5, 0.6) is 0 Å². The van der Waals surface area contributed by atoms with E-state index in [2.05, 4.69) is 20.9 Å². The number of piperidine rings is 1. The molecule has 0 atom stereocenters. The van der Waals surface area contributed by atoms with Gasteiger partial charge in [0.25, 0.3) is 0 Å². The molecule has 1 aromatic heterocycles. The summed E-state index contributed by atoms with van der Waals surface area (Å²) >= 11 is 1.28. The maximum Gasteiger partial charge on any atom is 0.245 e. The number of anilines is 2.